The van der Waals surface area contributed by atoms with Crippen molar-refractivity contribution in [2.24, 2.45) is 0 Å². The van der Waals surface area contributed by atoms with Gasteiger partial charge in [0.25, 0.3) is 0 Å². The molecule has 1 atom stereocenters. The first-order valence-corrected chi connectivity index (χ1v) is 4.85. The minimum atomic E-state index is -0.636. The lowest BCUT2D eigenvalue weighted by Crippen LogP contribution is -2.05. The van der Waals surface area contributed by atoms with Gasteiger partial charge in [0, 0.05) is 0 Å². The highest BCUT2D eigenvalue weighted by Crippen LogP contribution is 2.25. The molecule has 0 aliphatic carbocycles. The van der Waals surface area contributed by atoms with Crippen molar-refractivity contribution in [3.05, 3.63) is 11.9 Å². The predicted molar refractivity (Wildman–Crippen MR) is 55.0 cm³/mol. The van der Waals surface area contributed by atoms with Crippen LogP contribution in [0.25, 0.3) is 0 Å². The average molecular weight is 212 g/mol. The monoisotopic (exact) mass is 212 g/mol. The minimum Gasteiger partial charge on any atom is -0.480 e. The zero-order valence-corrected chi connectivity index (χ0v) is 9.23. The Morgan fingerprint density at radius 2 is 2.13 bits per heavy atom. The standard InChI is InChI=1S/C10H16N2O3/c1-4-5-7(13)9-10(15-3)12-8(14-2)6-11-9/h6-7,13H,4-5H2,1-3H3. The molecule has 0 radical (unpaired) electrons. The molecule has 0 amide bonds. The second-order valence-electron chi connectivity index (χ2n) is 3.11. The second kappa shape index (κ2) is 5.50. The fraction of sp³-hybridized carbons (Fsp3) is 0.600. The summed E-state index contributed by atoms with van der Waals surface area (Å²) in [6.45, 7) is 1.99. The molecule has 1 heterocycles. The number of aliphatic hydroxyl groups is 1. The van der Waals surface area contributed by atoms with Crippen LogP contribution in [-0.4, -0.2) is 29.3 Å². The molecule has 1 N–H and O–H groups in total. The van der Waals surface area contributed by atoms with E-state index < -0.39 is 6.10 Å². The number of ether oxygens (including phenoxy) is 2. The van der Waals surface area contributed by atoms with Gasteiger partial charge in [0.2, 0.25) is 11.8 Å². The first-order chi connectivity index (χ1) is 7.22. The topological polar surface area (TPSA) is 64.5 Å². The molecule has 1 rings (SSSR count). The number of hydrogen-bond donors (Lipinski definition) is 1. The van der Waals surface area contributed by atoms with Crippen LogP contribution in [0.15, 0.2) is 6.20 Å². The van der Waals surface area contributed by atoms with Crippen LogP contribution in [-0.2, 0) is 0 Å². The third-order valence-corrected chi connectivity index (χ3v) is 2.03. The van der Waals surface area contributed by atoms with Crippen molar-refractivity contribution in [1.82, 2.24) is 9.97 Å². The highest BCUT2D eigenvalue weighted by molar-refractivity contribution is 5.24. The minimum absolute atomic E-state index is 0.315. The van der Waals surface area contributed by atoms with E-state index in [0.717, 1.165) is 6.42 Å². The van der Waals surface area contributed by atoms with Gasteiger partial charge in [-0.1, -0.05) is 13.3 Å². The number of methoxy groups -OCH3 is 2. The van der Waals surface area contributed by atoms with Crippen LogP contribution in [0.5, 0.6) is 11.8 Å². The van der Waals surface area contributed by atoms with Gasteiger partial charge in [0.15, 0.2) is 0 Å². The molecule has 0 aromatic carbocycles. The molecule has 15 heavy (non-hydrogen) atoms. The smallest absolute Gasteiger partial charge is 0.241 e. The molecule has 1 unspecified atom stereocenters. The summed E-state index contributed by atoms with van der Waals surface area (Å²) in [7, 11) is 3.00. The predicted octanol–water partition coefficient (Wildman–Crippen LogP) is 1.33. The van der Waals surface area contributed by atoms with Gasteiger partial charge in [-0.15, -0.1) is 0 Å². The molecule has 84 valence electrons. The summed E-state index contributed by atoms with van der Waals surface area (Å²) in [5, 5.41) is 9.77. The number of aliphatic hydroxyl groups excluding tert-OH is 1. The SMILES string of the molecule is CCCC(O)c1ncc(OC)nc1OC. The molecule has 0 saturated heterocycles. The second-order valence-corrected chi connectivity index (χ2v) is 3.11. The van der Waals surface area contributed by atoms with Gasteiger partial charge < -0.3 is 14.6 Å². The molecular weight excluding hydrogens is 196 g/mol. The Balaban J connectivity index is 2.96. The van der Waals surface area contributed by atoms with Crippen LogP contribution < -0.4 is 9.47 Å². The van der Waals surface area contributed by atoms with Crippen molar-refractivity contribution in [2.45, 2.75) is 25.9 Å². The molecule has 5 heteroatoms. The van der Waals surface area contributed by atoms with Crippen LogP contribution in [0.2, 0.25) is 0 Å². The summed E-state index contributed by atoms with van der Waals surface area (Å²) in [6.07, 6.45) is 2.34. The lowest BCUT2D eigenvalue weighted by Gasteiger charge is -2.12. The van der Waals surface area contributed by atoms with Crippen molar-refractivity contribution in [3.8, 4) is 11.8 Å². The Morgan fingerprint density at radius 1 is 1.40 bits per heavy atom. The van der Waals surface area contributed by atoms with E-state index in [4.69, 9.17) is 9.47 Å². The maximum absolute atomic E-state index is 9.77. The van der Waals surface area contributed by atoms with Gasteiger partial charge in [-0.2, -0.15) is 4.98 Å². The maximum Gasteiger partial charge on any atom is 0.241 e. The van der Waals surface area contributed by atoms with Crippen molar-refractivity contribution in [2.75, 3.05) is 14.2 Å². The van der Waals surface area contributed by atoms with Crippen molar-refractivity contribution in [1.29, 1.82) is 0 Å². The molecule has 0 bridgehead atoms. The van der Waals surface area contributed by atoms with Crippen LogP contribution in [0, 0.1) is 0 Å². The Labute approximate surface area is 89.1 Å². The molecular formula is C10H16N2O3. The number of rotatable bonds is 5. The van der Waals surface area contributed by atoms with Gasteiger partial charge in [-0.25, -0.2) is 4.98 Å². The summed E-state index contributed by atoms with van der Waals surface area (Å²) in [6, 6.07) is 0. The Kier molecular flexibility index (Phi) is 4.30. The van der Waals surface area contributed by atoms with E-state index in [0.29, 0.717) is 23.9 Å². The van der Waals surface area contributed by atoms with Gasteiger partial charge in [0.05, 0.1) is 20.4 Å². The fourth-order valence-corrected chi connectivity index (χ4v) is 1.25. The van der Waals surface area contributed by atoms with Gasteiger partial charge in [-0.05, 0) is 6.42 Å². The van der Waals surface area contributed by atoms with E-state index in [2.05, 4.69) is 9.97 Å². The Morgan fingerprint density at radius 3 is 2.67 bits per heavy atom. The number of aromatic nitrogens is 2. The molecule has 1 aromatic heterocycles. The zero-order chi connectivity index (χ0) is 11.3. The summed E-state index contributed by atoms with van der Waals surface area (Å²) in [4.78, 5) is 8.12. The van der Waals surface area contributed by atoms with E-state index in [-0.39, 0.29) is 0 Å². The van der Waals surface area contributed by atoms with E-state index in [1.807, 2.05) is 6.92 Å². The van der Waals surface area contributed by atoms with Crippen molar-refractivity contribution < 1.29 is 14.6 Å². The maximum atomic E-state index is 9.77. The first kappa shape index (κ1) is 11.7. The lowest BCUT2D eigenvalue weighted by atomic mass is 10.1. The Bertz CT molecular complexity index is 318. The summed E-state index contributed by atoms with van der Waals surface area (Å²) in [5.74, 6) is 0.689. The highest BCUT2D eigenvalue weighted by atomic mass is 16.5. The summed E-state index contributed by atoms with van der Waals surface area (Å²) in [5.41, 5.74) is 0.458. The fourth-order valence-electron chi connectivity index (χ4n) is 1.25. The van der Waals surface area contributed by atoms with Crippen LogP contribution >= 0.6 is 0 Å². The zero-order valence-electron chi connectivity index (χ0n) is 9.23. The third-order valence-electron chi connectivity index (χ3n) is 2.03. The van der Waals surface area contributed by atoms with E-state index in [1.54, 1.807) is 0 Å². The first-order valence-electron chi connectivity index (χ1n) is 4.85. The van der Waals surface area contributed by atoms with Crippen LogP contribution in [0.3, 0.4) is 0 Å². The van der Waals surface area contributed by atoms with Gasteiger partial charge in [-0.3, -0.25) is 0 Å². The molecule has 0 aliphatic rings. The van der Waals surface area contributed by atoms with E-state index in [9.17, 15) is 5.11 Å². The van der Waals surface area contributed by atoms with Gasteiger partial charge >= 0.3 is 0 Å². The van der Waals surface area contributed by atoms with Crippen LogP contribution in [0.4, 0.5) is 0 Å². The third kappa shape index (κ3) is 2.79. The number of hydrogen-bond acceptors (Lipinski definition) is 5. The number of nitrogens with zero attached hydrogens (tertiary/aromatic N) is 2. The quantitative estimate of drug-likeness (QED) is 0.797. The molecule has 0 spiro atoms. The van der Waals surface area contributed by atoms with Crippen molar-refractivity contribution in [3.63, 3.8) is 0 Å². The van der Waals surface area contributed by atoms with Gasteiger partial charge in [0.1, 0.15) is 11.8 Å². The highest BCUT2D eigenvalue weighted by Gasteiger charge is 2.16. The van der Waals surface area contributed by atoms with E-state index in [1.165, 1.54) is 20.4 Å². The van der Waals surface area contributed by atoms with Crippen LogP contribution in [0.1, 0.15) is 31.6 Å². The molecule has 0 fully saturated rings. The molecule has 5 nitrogen and oxygen atoms in total. The Hall–Kier alpha value is -1.36. The molecule has 0 aliphatic heterocycles. The molecule has 1 aromatic rings. The summed E-state index contributed by atoms with van der Waals surface area (Å²) < 4.78 is 9.96. The normalized spacial score (nSPS) is 12.3. The van der Waals surface area contributed by atoms with Crippen molar-refractivity contribution >= 4 is 0 Å². The average Bonchev–Trinajstić information content (AvgIpc) is 2.28. The lowest BCUT2D eigenvalue weighted by molar-refractivity contribution is 0.155. The van der Waals surface area contributed by atoms with E-state index >= 15 is 0 Å². The summed E-state index contributed by atoms with van der Waals surface area (Å²) >= 11 is 0. The molecule has 0 saturated carbocycles. The largest absolute Gasteiger partial charge is 0.480 e.